The lowest BCUT2D eigenvalue weighted by Gasteiger charge is -2.28. The molecule has 0 bridgehead atoms. The van der Waals surface area contributed by atoms with E-state index in [2.05, 4.69) is 10.3 Å². The number of carbonyl (C=O) groups is 2. The van der Waals surface area contributed by atoms with Crippen molar-refractivity contribution in [3.63, 3.8) is 0 Å². The second-order valence-electron chi connectivity index (χ2n) is 5.20. The molecule has 1 aliphatic rings. The number of aliphatic carboxylic acids is 1. The molecule has 1 saturated carbocycles. The molecule has 1 aromatic rings. The maximum atomic E-state index is 11.7. The average Bonchev–Trinajstić information content (AvgIpc) is 2.81. The van der Waals surface area contributed by atoms with E-state index in [0.717, 1.165) is 12.8 Å². The van der Waals surface area contributed by atoms with Crippen LogP contribution in [0.1, 0.15) is 36.5 Å². The van der Waals surface area contributed by atoms with Crippen molar-refractivity contribution < 1.29 is 19.4 Å². The maximum absolute atomic E-state index is 11.7. The quantitative estimate of drug-likeness (QED) is 0.818. The van der Waals surface area contributed by atoms with Crippen LogP contribution in [-0.4, -0.2) is 35.2 Å². The molecule has 1 fully saturated rings. The Labute approximate surface area is 117 Å². The number of pyridine rings is 1. The number of aromatic nitrogens is 1. The van der Waals surface area contributed by atoms with Gasteiger partial charge in [0, 0.05) is 12.2 Å². The number of hydrogen-bond acceptors (Lipinski definition) is 5. The number of carbonyl (C=O) groups excluding carboxylic acids is 1. The van der Waals surface area contributed by atoms with Gasteiger partial charge in [0.1, 0.15) is 11.4 Å². The van der Waals surface area contributed by atoms with E-state index in [4.69, 9.17) is 4.74 Å². The van der Waals surface area contributed by atoms with E-state index in [9.17, 15) is 14.7 Å². The van der Waals surface area contributed by atoms with Gasteiger partial charge in [0.2, 0.25) is 0 Å². The number of carboxylic acid groups (broad SMARTS) is 1. The predicted octanol–water partition coefficient (Wildman–Crippen LogP) is 1.92. The Balaban J connectivity index is 2.26. The van der Waals surface area contributed by atoms with Gasteiger partial charge in [0.25, 0.3) is 0 Å². The number of nitrogens with one attached hydrogen (secondary N) is 1. The number of rotatable bonds is 4. The van der Waals surface area contributed by atoms with Crippen LogP contribution in [0.25, 0.3) is 0 Å². The Bertz CT molecular complexity index is 532. The number of carboxylic acids is 1. The van der Waals surface area contributed by atoms with Gasteiger partial charge in [-0.3, -0.25) is 4.79 Å². The van der Waals surface area contributed by atoms with E-state index in [1.165, 1.54) is 7.11 Å². The third-order valence-corrected chi connectivity index (χ3v) is 3.97. The summed E-state index contributed by atoms with van der Waals surface area (Å²) in [6.07, 6.45) is 3.74. The molecule has 108 valence electrons. The van der Waals surface area contributed by atoms with Gasteiger partial charge in [-0.1, -0.05) is 6.42 Å². The molecule has 6 nitrogen and oxygen atoms in total. The topological polar surface area (TPSA) is 88.5 Å². The lowest BCUT2D eigenvalue weighted by atomic mass is 9.85. The highest BCUT2D eigenvalue weighted by Crippen LogP contribution is 2.40. The highest BCUT2D eigenvalue weighted by molar-refractivity contribution is 5.94. The second kappa shape index (κ2) is 5.48. The molecule has 0 aliphatic heterocycles. The summed E-state index contributed by atoms with van der Waals surface area (Å²) in [6, 6.07) is 3.00. The van der Waals surface area contributed by atoms with Crippen LogP contribution < -0.4 is 5.32 Å². The van der Waals surface area contributed by atoms with Crippen molar-refractivity contribution in [3.8, 4) is 0 Å². The Hall–Kier alpha value is -2.11. The van der Waals surface area contributed by atoms with Crippen molar-refractivity contribution in [1.82, 2.24) is 4.98 Å². The van der Waals surface area contributed by atoms with Crippen LogP contribution in [0.4, 0.5) is 5.82 Å². The molecular weight excluding hydrogens is 260 g/mol. The molecule has 0 aromatic carbocycles. The minimum absolute atomic E-state index is 0.252. The number of esters is 1. The van der Waals surface area contributed by atoms with Gasteiger partial charge in [-0.15, -0.1) is 0 Å². The molecule has 1 aliphatic carbocycles. The average molecular weight is 278 g/mol. The molecule has 0 radical (unpaired) electrons. The van der Waals surface area contributed by atoms with Crippen LogP contribution >= 0.6 is 0 Å². The van der Waals surface area contributed by atoms with Crippen molar-refractivity contribution in [3.05, 3.63) is 23.9 Å². The standard InChI is InChI=1S/C14H18N2O4/c1-14(13(18)19)7-3-6-10(14)16-11-9(12(17)20-2)5-4-8-15-11/h4-5,8,10H,3,6-7H2,1-2H3,(H,15,16)(H,18,19). The summed E-state index contributed by atoms with van der Waals surface area (Å²) in [5, 5.41) is 12.5. The van der Waals surface area contributed by atoms with Crippen molar-refractivity contribution in [1.29, 1.82) is 0 Å². The van der Waals surface area contributed by atoms with Crippen LogP contribution in [0.5, 0.6) is 0 Å². The maximum Gasteiger partial charge on any atom is 0.341 e. The highest BCUT2D eigenvalue weighted by Gasteiger charge is 2.45. The molecule has 0 spiro atoms. The smallest absolute Gasteiger partial charge is 0.341 e. The number of methoxy groups -OCH3 is 1. The minimum Gasteiger partial charge on any atom is -0.481 e. The van der Waals surface area contributed by atoms with Crippen molar-refractivity contribution in [2.45, 2.75) is 32.2 Å². The first-order valence-electron chi connectivity index (χ1n) is 6.52. The number of anilines is 1. The fourth-order valence-electron chi connectivity index (χ4n) is 2.61. The van der Waals surface area contributed by atoms with Gasteiger partial charge in [-0.05, 0) is 31.9 Å². The third-order valence-electron chi connectivity index (χ3n) is 3.97. The second-order valence-corrected chi connectivity index (χ2v) is 5.20. The van der Waals surface area contributed by atoms with Gasteiger partial charge in [0.05, 0.1) is 12.5 Å². The molecule has 1 heterocycles. The van der Waals surface area contributed by atoms with E-state index in [1.807, 2.05) is 0 Å². The summed E-state index contributed by atoms with van der Waals surface area (Å²) in [5.41, 5.74) is -0.528. The lowest BCUT2D eigenvalue weighted by molar-refractivity contribution is -0.147. The predicted molar refractivity (Wildman–Crippen MR) is 72.6 cm³/mol. The molecule has 0 saturated heterocycles. The molecule has 2 N–H and O–H groups in total. The zero-order valence-electron chi connectivity index (χ0n) is 11.5. The van der Waals surface area contributed by atoms with E-state index in [0.29, 0.717) is 17.8 Å². The van der Waals surface area contributed by atoms with Gasteiger partial charge < -0.3 is 15.2 Å². The van der Waals surface area contributed by atoms with Crippen LogP contribution in [0.15, 0.2) is 18.3 Å². The summed E-state index contributed by atoms with van der Waals surface area (Å²) in [7, 11) is 1.30. The fourth-order valence-corrected chi connectivity index (χ4v) is 2.61. The molecule has 2 rings (SSSR count). The zero-order valence-corrected chi connectivity index (χ0v) is 11.5. The molecule has 2 unspecified atom stereocenters. The van der Waals surface area contributed by atoms with Gasteiger partial charge in [0.15, 0.2) is 0 Å². The molecule has 2 atom stereocenters. The fraction of sp³-hybridized carbons (Fsp3) is 0.500. The Morgan fingerprint density at radius 2 is 2.30 bits per heavy atom. The summed E-state index contributed by atoms with van der Waals surface area (Å²) < 4.78 is 4.71. The van der Waals surface area contributed by atoms with Crippen LogP contribution in [0.3, 0.4) is 0 Å². The SMILES string of the molecule is COC(=O)c1cccnc1NC1CCCC1(C)C(=O)O. The van der Waals surface area contributed by atoms with Crippen molar-refractivity contribution in [2.24, 2.45) is 5.41 Å². The van der Waals surface area contributed by atoms with E-state index >= 15 is 0 Å². The summed E-state index contributed by atoms with van der Waals surface area (Å²) in [6.45, 7) is 1.72. The Morgan fingerprint density at radius 3 is 2.95 bits per heavy atom. The zero-order chi connectivity index (χ0) is 14.8. The summed E-state index contributed by atoms with van der Waals surface area (Å²) in [4.78, 5) is 27.3. The third kappa shape index (κ3) is 2.45. The van der Waals surface area contributed by atoms with Gasteiger partial charge in [-0.2, -0.15) is 0 Å². The Morgan fingerprint density at radius 1 is 1.55 bits per heavy atom. The summed E-state index contributed by atoms with van der Waals surface area (Å²) in [5.74, 6) is -0.947. The van der Waals surface area contributed by atoms with Crippen molar-refractivity contribution in [2.75, 3.05) is 12.4 Å². The van der Waals surface area contributed by atoms with Crippen LogP contribution in [0.2, 0.25) is 0 Å². The first-order chi connectivity index (χ1) is 9.49. The van der Waals surface area contributed by atoms with Gasteiger partial charge >= 0.3 is 11.9 Å². The van der Waals surface area contributed by atoms with Crippen LogP contribution in [0, 0.1) is 5.41 Å². The molecule has 1 aromatic heterocycles. The monoisotopic (exact) mass is 278 g/mol. The summed E-state index contributed by atoms with van der Waals surface area (Å²) >= 11 is 0. The number of hydrogen-bond donors (Lipinski definition) is 2. The van der Waals surface area contributed by atoms with Crippen molar-refractivity contribution >= 4 is 17.8 Å². The van der Waals surface area contributed by atoms with Gasteiger partial charge in [-0.25, -0.2) is 9.78 Å². The number of nitrogens with zero attached hydrogens (tertiary/aromatic N) is 1. The van der Waals surface area contributed by atoms with Crippen LogP contribution in [-0.2, 0) is 9.53 Å². The first-order valence-corrected chi connectivity index (χ1v) is 6.52. The van der Waals surface area contributed by atoms with E-state index in [-0.39, 0.29) is 6.04 Å². The number of ether oxygens (including phenoxy) is 1. The first kappa shape index (κ1) is 14.3. The Kier molecular flexibility index (Phi) is 3.92. The lowest BCUT2D eigenvalue weighted by Crippen LogP contribution is -2.40. The normalized spacial score (nSPS) is 25.2. The molecule has 20 heavy (non-hydrogen) atoms. The van der Waals surface area contributed by atoms with E-state index < -0.39 is 17.4 Å². The highest BCUT2D eigenvalue weighted by atomic mass is 16.5. The molecule has 0 amide bonds. The molecular formula is C14H18N2O4. The van der Waals surface area contributed by atoms with E-state index in [1.54, 1.807) is 25.3 Å². The minimum atomic E-state index is -0.842. The molecule has 6 heteroatoms. The largest absolute Gasteiger partial charge is 0.481 e.